The summed E-state index contributed by atoms with van der Waals surface area (Å²) >= 11 is 0. The zero-order valence-corrected chi connectivity index (χ0v) is 41.5. The lowest BCUT2D eigenvalue weighted by molar-refractivity contribution is -0.135. The lowest BCUT2D eigenvalue weighted by Gasteiger charge is -2.29. The Kier molecular flexibility index (Phi) is 25.1. The number of benzene rings is 3. The summed E-state index contributed by atoms with van der Waals surface area (Å²) in [5.74, 6) is -5.22. The molecule has 0 bridgehead atoms. The fourth-order valence-corrected chi connectivity index (χ4v) is 7.18. The van der Waals surface area contributed by atoms with Crippen molar-refractivity contribution in [2.45, 2.75) is 115 Å². The number of aliphatic imine (C=N–C) groups is 2. The highest BCUT2D eigenvalue weighted by Crippen LogP contribution is 2.21. The Morgan fingerprint density at radius 2 is 0.986 bits per heavy atom. The summed E-state index contributed by atoms with van der Waals surface area (Å²) in [5, 5.41) is 43.8. The van der Waals surface area contributed by atoms with E-state index >= 15 is 0 Å². The molecule has 7 amide bonds. The van der Waals surface area contributed by atoms with E-state index in [1.807, 2.05) is 6.92 Å². The first-order valence-electron chi connectivity index (χ1n) is 24.0. The lowest BCUT2D eigenvalue weighted by atomic mass is 9.96. The average molecular weight is 1010 g/mol. The Balaban J connectivity index is 1.81. The number of unbranched alkanes of at least 4 members (excludes halogenated alkanes) is 1. The third-order valence-corrected chi connectivity index (χ3v) is 11.4. The maximum Gasteiger partial charge on any atom is 0.243 e. The van der Waals surface area contributed by atoms with E-state index in [0.29, 0.717) is 36.2 Å². The van der Waals surface area contributed by atoms with Crippen molar-refractivity contribution < 1.29 is 43.8 Å². The van der Waals surface area contributed by atoms with Gasteiger partial charge >= 0.3 is 0 Å². The zero-order valence-electron chi connectivity index (χ0n) is 41.5. The molecule has 3 aromatic rings. The number of nitrogens with zero attached hydrogens (tertiary/aromatic N) is 4. The number of amides is 7. The molecule has 0 saturated heterocycles. The number of primary amides is 1. The minimum atomic E-state index is -1.29. The van der Waals surface area contributed by atoms with Crippen LogP contribution in [0.25, 0.3) is 0 Å². The van der Waals surface area contributed by atoms with Gasteiger partial charge in [-0.25, -0.2) is 0 Å². The van der Waals surface area contributed by atoms with Crippen molar-refractivity contribution in [2.24, 2.45) is 54.8 Å². The van der Waals surface area contributed by atoms with Crippen molar-refractivity contribution in [3.63, 3.8) is 0 Å². The average Bonchev–Trinajstić information content (AvgIpc) is 3.34. The Bertz CT molecular complexity index is 2370. The van der Waals surface area contributed by atoms with Gasteiger partial charge in [0.2, 0.25) is 41.4 Å². The topological polar surface area (TPSA) is 412 Å². The molecule has 18 N–H and O–H groups in total. The quantitative estimate of drug-likeness (QED) is 0.0183. The van der Waals surface area contributed by atoms with E-state index in [1.54, 1.807) is 55.5 Å². The minimum absolute atomic E-state index is 0.00628. The molecule has 0 aliphatic carbocycles. The number of azo groups is 1. The molecule has 0 fully saturated rings. The van der Waals surface area contributed by atoms with Crippen LogP contribution in [0.2, 0.25) is 0 Å². The van der Waals surface area contributed by atoms with Crippen LogP contribution >= 0.6 is 0 Å². The molecule has 396 valence electrons. The minimum Gasteiger partial charge on any atom is -0.508 e. The van der Waals surface area contributed by atoms with Crippen LogP contribution in [-0.2, 0) is 46.4 Å². The van der Waals surface area contributed by atoms with Crippen LogP contribution in [0.4, 0.5) is 11.4 Å². The maximum absolute atomic E-state index is 14.4. The highest BCUT2D eigenvalue weighted by molar-refractivity contribution is 5.96. The van der Waals surface area contributed by atoms with Crippen molar-refractivity contribution in [3.8, 4) is 11.5 Å². The van der Waals surface area contributed by atoms with Crippen LogP contribution in [0.5, 0.6) is 11.5 Å². The van der Waals surface area contributed by atoms with Crippen LogP contribution < -0.4 is 60.6 Å². The smallest absolute Gasteiger partial charge is 0.243 e. The molecule has 24 heteroatoms. The molecule has 0 aromatic heterocycles. The fraction of sp³-hybridized carbons (Fsp3) is 0.449. The summed E-state index contributed by atoms with van der Waals surface area (Å²) in [6, 6.07) is 13.1. The van der Waals surface area contributed by atoms with Gasteiger partial charge in [-0.05, 0) is 111 Å². The van der Waals surface area contributed by atoms with Crippen molar-refractivity contribution in [1.82, 2.24) is 31.9 Å². The number of carbonyl (C=O) groups excluding carboxylic acids is 7. The van der Waals surface area contributed by atoms with Crippen LogP contribution in [0.3, 0.4) is 0 Å². The summed E-state index contributed by atoms with van der Waals surface area (Å²) in [5.41, 5.74) is 30.0. The first kappa shape index (κ1) is 59.0. The molecule has 0 radical (unpaired) electrons. The first-order chi connectivity index (χ1) is 34.7. The summed E-state index contributed by atoms with van der Waals surface area (Å²) in [6.07, 6.45) is 1.77. The number of guanidine groups is 2. The molecule has 3 aromatic carbocycles. The molecule has 0 aliphatic rings. The van der Waals surface area contributed by atoms with Gasteiger partial charge < -0.3 is 70.8 Å². The van der Waals surface area contributed by atoms with Crippen molar-refractivity contribution in [2.75, 3.05) is 19.6 Å². The standard InChI is InChI=1S/C49H71N15O9/c1-4-29(2)42(62-46(72)37(58-30(3)65)10-7-25-56-48(51)52)47(73)60-38(9-5-6-24-55-41(68)28-32-12-16-33(17-13-32)63-64-34-18-22-36(67)23-19-34)44(70)59-39(11-8-26-57-49(53)54)45(71)61-40(43(50)69)27-31-14-20-35(66)21-15-31/h12-23,29,37-40,42,66-67H,4-11,24-28H2,1-3H3,(H2,50,69)(H,55,68)(H,58,65)(H,59,70)(H,60,73)(H,61,71)(H,62,72)(H4,51,52,56)(H4,53,54,57)/t29-,37-,38-,39-,40-,42-/m0/s1. The van der Waals surface area contributed by atoms with E-state index in [4.69, 9.17) is 28.7 Å². The van der Waals surface area contributed by atoms with Gasteiger partial charge in [0, 0.05) is 33.0 Å². The number of nitrogens with one attached hydrogen (secondary N) is 6. The van der Waals surface area contributed by atoms with E-state index < -0.39 is 71.6 Å². The van der Waals surface area contributed by atoms with Gasteiger partial charge in [-0.15, -0.1) is 0 Å². The third-order valence-electron chi connectivity index (χ3n) is 11.4. The van der Waals surface area contributed by atoms with Crippen LogP contribution in [0.1, 0.15) is 83.3 Å². The summed E-state index contributed by atoms with van der Waals surface area (Å²) in [6.45, 7) is 5.28. The van der Waals surface area contributed by atoms with Gasteiger partial charge in [0.25, 0.3) is 0 Å². The molecule has 6 atom stereocenters. The number of aromatic hydroxyl groups is 2. The Morgan fingerprint density at radius 3 is 1.48 bits per heavy atom. The van der Waals surface area contributed by atoms with Gasteiger partial charge in [-0.2, -0.15) is 10.2 Å². The molecular weight excluding hydrogens is 943 g/mol. The molecule has 0 heterocycles. The highest BCUT2D eigenvalue weighted by Gasteiger charge is 2.34. The molecule has 0 aliphatic heterocycles. The summed E-state index contributed by atoms with van der Waals surface area (Å²) in [7, 11) is 0. The fourth-order valence-electron chi connectivity index (χ4n) is 7.18. The second-order valence-electron chi connectivity index (χ2n) is 17.4. The second-order valence-corrected chi connectivity index (χ2v) is 17.4. The van der Waals surface area contributed by atoms with Crippen LogP contribution in [-0.4, -0.2) is 113 Å². The Morgan fingerprint density at radius 1 is 0.548 bits per heavy atom. The monoisotopic (exact) mass is 1010 g/mol. The van der Waals surface area contributed by atoms with Gasteiger partial charge in [0.15, 0.2) is 11.9 Å². The number of rotatable bonds is 31. The SMILES string of the molecule is CC[C@H](C)[C@H](NC(=O)[C@H](CCCN=C(N)N)NC(C)=O)C(=O)N[C@@H](CCCCNC(=O)Cc1ccc(N=Nc2ccc(O)cc2)cc1)C(=O)N[C@@H](CCCN=C(N)N)C(=O)N[C@@H](Cc1ccc(O)cc1)C(N)=O. The second kappa shape index (κ2) is 31.1. The molecule has 0 saturated carbocycles. The third kappa shape index (κ3) is 23.0. The molecule has 24 nitrogen and oxygen atoms in total. The number of phenolic OH excluding ortho intramolecular Hbond substituents is 2. The van der Waals surface area contributed by atoms with Crippen molar-refractivity contribution in [1.29, 1.82) is 0 Å². The van der Waals surface area contributed by atoms with E-state index in [9.17, 15) is 43.8 Å². The maximum atomic E-state index is 14.4. The molecule has 73 heavy (non-hydrogen) atoms. The van der Waals surface area contributed by atoms with E-state index in [2.05, 4.69) is 52.1 Å². The number of hydrogen-bond acceptors (Lipinski definition) is 13. The number of carbonyl (C=O) groups is 7. The molecule has 0 unspecified atom stereocenters. The largest absolute Gasteiger partial charge is 0.508 e. The highest BCUT2D eigenvalue weighted by atomic mass is 16.3. The predicted molar refractivity (Wildman–Crippen MR) is 275 cm³/mol. The van der Waals surface area contributed by atoms with Crippen molar-refractivity contribution in [3.05, 3.63) is 83.9 Å². The molecule has 0 spiro atoms. The van der Waals surface area contributed by atoms with E-state index in [1.165, 1.54) is 31.2 Å². The van der Waals surface area contributed by atoms with Gasteiger partial charge in [-0.3, -0.25) is 43.5 Å². The first-order valence-corrected chi connectivity index (χ1v) is 24.0. The molecular formula is C49H71N15O9. The van der Waals surface area contributed by atoms with E-state index in [0.717, 1.165) is 5.56 Å². The van der Waals surface area contributed by atoms with Gasteiger partial charge in [-0.1, -0.05) is 44.5 Å². The van der Waals surface area contributed by atoms with Crippen LogP contribution in [0, 0.1) is 5.92 Å². The van der Waals surface area contributed by atoms with Gasteiger partial charge in [0.1, 0.15) is 41.7 Å². The summed E-state index contributed by atoms with van der Waals surface area (Å²) < 4.78 is 0. The molecule has 3 rings (SSSR count). The number of hydrogen-bond donors (Lipinski definition) is 13. The van der Waals surface area contributed by atoms with E-state index in [-0.39, 0.29) is 93.9 Å². The lowest BCUT2D eigenvalue weighted by Crippen LogP contribution is -2.60. The van der Waals surface area contributed by atoms with Crippen molar-refractivity contribution >= 4 is 64.6 Å². The summed E-state index contributed by atoms with van der Waals surface area (Å²) in [4.78, 5) is 102. The number of nitrogens with two attached hydrogens (primary N) is 5. The Labute approximate surface area is 424 Å². The predicted octanol–water partition coefficient (Wildman–Crippen LogP) is 0.667. The Hall–Kier alpha value is -8.31. The van der Waals surface area contributed by atoms with Crippen LogP contribution in [0.15, 0.2) is 93.0 Å². The van der Waals surface area contributed by atoms with Gasteiger partial charge in [0.05, 0.1) is 17.8 Å². The number of phenols is 2. The zero-order chi connectivity index (χ0) is 53.9. The normalized spacial score (nSPS) is 13.4.